The molecule has 5 nitrogen and oxygen atoms in total. The molecule has 0 bridgehead atoms. The van der Waals surface area contributed by atoms with Crippen LogP contribution in [0, 0.1) is 0 Å². The Balaban J connectivity index is 1.57. The van der Waals surface area contributed by atoms with Crippen molar-refractivity contribution in [2.75, 3.05) is 13.2 Å². The number of carbonyl (C=O) groups is 1. The Kier molecular flexibility index (Phi) is 5.76. The largest absolute Gasteiger partial charge is 0.468 e. The number of hydrogen-bond acceptors (Lipinski definition) is 5. The van der Waals surface area contributed by atoms with Gasteiger partial charge in [0.2, 0.25) is 11.8 Å². The number of hydrogen-bond donors (Lipinski definition) is 0. The highest BCUT2D eigenvalue weighted by Crippen LogP contribution is 2.45. The van der Waals surface area contributed by atoms with E-state index in [-0.39, 0.29) is 34.7 Å². The van der Waals surface area contributed by atoms with Gasteiger partial charge < -0.3 is 9.47 Å². The fourth-order valence-corrected chi connectivity index (χ4v) is 3.27. The molecule has 0 spiro atoms. The van der Waals surface area contributed by atoms with Crippen molar-refractivity contribution in [3.05, 3.63) is 46.8 Å². The van der Waals surface area contributed by atoms with Gasteiger partial charge in [0.25, 0.3) is 0 Å². The van der Waals surface area contributed by atoms with Crippen molar-refractivity contribution in [2.45, 2.75) is 49.9 Å². The smallest absolute Gasteiger partial charge is 0.422 e. The Bertz CT molecular complexity index is 934. The van der Waals surface area contributed by atoms with Crippen molar-refractivity contribution in [1.29, 1.82) is 0 Å². The Hall–Kier alpha value is -2.85. The molecule has 0 saturated heterocycles. The number of nitrogens with zero attached hydrogens (tertiary/aromatic N) is 2. The number of ketones is 1. The zero-order chi connectivity index (χ0) is 23.1. The Morgan fingerprint density at radius 1 is 0.781 bits per heavy atom. The van der Waals surface area contributed by atoms with E-state index < -0.39 is 31.3 Å². The number of ether oxygens (including phenoxy) is 2. The van der Waals surface area contributed by atoms with Crippen molar-refractivity contribution < 1.29 is 40.6 Å². The zero-order valence-electron chi connectivity index (χ0n) is 16.6. The number of halogens is 6. The lowest BCUT2D eigenvalue weighted by atomic mass is 10.0. The standard InChI is InChI=1S/C21H18F6N2O3/c22-20(23,24)9-31-18-15(11-1-2-11)5-13(7-28-18)17(30)14-6-16(12-3-4-12)19(29-8-14)32-10-21(25,26)27/h5-8,11-12H,1-4,9-10H2. The first-order valence-corrected chi connectivity index (χ1v) is 9.94. The van der Waals surface area contributed by atoms with E-state index >= 15 is 0 Å². The van der Waals surface area contributed by atoms with E-state index in [1.165, 1.54) is 12.1 Å². The molecule has 0 atom stereocenters. The monoisotopic (exact) mass is 460 g/mol. The molecule has 0 aliphatic heterocycles. The quantitative estimate of drug-likeness (QED) is 0.393. The van der Waals surface area contributed by atoms with Crippen LogP contribution in [0.15, 0.2) is 24.5 Å². The molecular weight excluding hydrogens is 442 g/mol. The van der Waals surface area contributed by atoms with Crippen molar-refractivity contribution >= 4 is 5.78 Å². The maximum Gasteiger partial charge on any atom is 0.422 e. The van der Waals surface area contributed by atoms with Crippen LogP contribution in [0.5, 0.6) is 11.8 Å². The van der Waals surface area contributed by atoms with Gasteiger partial charge in [-0.05, 0) is 49.7 Å². The third-order valence-electron chi connectivity index (χ3n) is 5.06. The second-order valence-corrected chi connectivity index (χ2v) is 7.92. The molecule has 2 aliphatic rings. The summed E-state index contributed by atoms with van der Waals surface area (Å²) >= 11 is 0. The van der Waals surface area contributed by atoms with E-state index in [9.17, 15) is 31.1 Å². The van der Waals surface area contributed by atoms with Crippen LogP contribution >= 0.6 is 0 Å². The molecule has 0 amide bonds. The lowest BCUT2D eigenvalue weighted by Gasteiger charge is -2.14. The van der Waals surface area contributed by atoms with Crippen LogP contribution in [0.2, 0.25) is 0 Å². The number of aromatic nitrogens is 2. The molecule has 4 rings (SSSR count). The molecule has 0 aromatic carbocycles. The number of carbonyl (C=O) groups excluding carboxylic acids is 1. The minimum Gasteiger partial charge on any atom is -0.468 e. The normalized spacial score (nSPS) is 16.7. The first-order valence-electron chi connectivity index (χ1n) is 9.94. The van der Waals surface area contributed by atoms with Crippen LogP contribution < -0.4 is 9.47 Å². The fraction of sp³-hybridized carbons (Fsp3) is 0.476. The average molecular weight is 460 g/mol. The minimum absolute atomic E-state index is 0.0308. The van der Waals surface area contributed by atoms with Gasteiger partial charge in [0, 0.05) is 34.6 Å². The second-order valence-electron chi connectivity index (χ2n) is 7.92. The summed E-state index contributed by atoms with van der Waals surface area (Å²) in [6.45, 7) is -2.97. The summed E-state index contributed by atoms with van der Waals surface area (Å²) in [6.07, 6.45) is -3.77. The van der Waals surface area contributed by atoms with E-state index in [0.29, 0.717) is 11.1 Å². The molecule has 0 unspecified atom stereocenters. The maximum atomic E-state index is 13.0. The van der Waals surface area contributed by atoms with Crippen LogP contribution in [0.4, 0.5) is 26.3 Å². The van der Waals surface area contributed by atoms with Crippen LogP contribution in [-0.4, -0.2) is 41.3 Å². The van der Waals surface area contributed by atoms with Gasteiger partial charge in [-0.2, -0.15) is 26.3 Å². The molecule has 2 aliphatic carbocycles. The molecule has 2 heterocycles. The highest BCUT2D eigenvalue weighted by Gasteiger charge is 2.34. The summed E-state index contributed by atoms with van der Waals surface area (Å²) in [6, 6.07) is 2.92. The van der Waals surface area contributed by atoms with Gasteiger partial charge in [-0.15, -0.1) is 0 Å². The average Bonchev–Trinajstić information content (AvgIpc) is 3.62. The molecule has 2 saturated carbocycles. The topological polar surface area (TPSA) is 61.3 Å². The van der Waals surface area contributed by atoms with E-state index in [1.807, 2.05) is 0 Å². The summed E-state index contributed by atoms with van der Waals surface area (Å²) in [4.78, 5) is 20.8. The number of pyridine rings is 2. The maximum absolute atomic E-state index is 13.0. The molecule has 32 heavy (non-hydrogen) atoms. The van der Waals surface area contributed by atoms with Crippen LogP contribution in [0.3, 0.4) is 0 Å². The summed E-state index contributed by atoms with van der Waals surface area (Å²) in [5.74, 6) is -0.866. The van der Waals surface area contributed by atoms with Gasteiger partial charge in [-0.1, -0.05) is 0 Å². The highest BCUT2D eigenvalue weighted by atomic mass is 19.4. The summed E-state index contributed by atoms with van der Waals surface area (Å²) < 4.78 is 84.6. The van der Waals surface area contributed by atoms with E-state index in [4.69, 9.17) is 9.47 Å². The van der Waals surface area contributed by atoms with Crippen LogP contribution in [-0.2, 0) is 0 Å². The fourth-order valence-electron chi connectivity index (χ4n) is 3.27. The van der Waals surface area contributed by atoms with Gasteiger partial charge in [0.05, 0.1) is 0 Å². The first kappa shape index (κ1) is 22.3. The molecule has 11 heteroatoms. The van der Waals surface area contributed by atoms with Gasteiger partial charge >= 0.3 is 12.4 Å². The Labute approximate surface area is 178 Å². The molecule has 2 aromatic heterocycles. The summed E-state index contributed by atoms with van der Waals surface area (Å²) in [7, 11) is 0. The van der Waals surface area contributed by atoms with E-state index in [1.54, 1.807) is 0 Å². The predicted octanol–water partition coefficient (Wildman–Crippen LogP) is 5.34. The van der Waals surface area contributed by atoms with E-state index in [2.05, 4.69) is 9.97 Å². The summed E-state index contributed by atoms with van der Waals surface area (Å²) in [5.41, 5.74) is 1.14. The van der Waals surface area contributed by atoms with Gasteiger partial charge in [-0.3, -0.25) is 4.79 Å². The summed E-state index contributed by atoms with van der Waals surface area (Å²) in [5, 5.41) is 0. The predicted molar refractivity (Wildman–Crippen MR) is 99.0 cm³/mol. The van der Waals surface area contributed by atoms with Gasteiger partial charge in [0.15, 0.2) is 19.0 Å². The molecule has 2 fully saturated rings. The van der Waals surface area contributed by atoms with Crippen LogP contribution in [0.1, 0.15) is 64.6 Å². The van der Waals surface area contributed by atoms with Crippen molar-refractivity contribution in [3.63, 3.8) is 0 Å². The Morgan fingerprint density at radius 2 is 1.16 bits per heavy atom. The lowest BCUT2D eigenvalue weighted by Crippen LogP contribution is -2.20. The highest BCUT2D eigenvalue weighted by molar-refractivity contribution is 6.09. The minimum atomic E-state index is -4.52. The molecule has 0 N–H and O–H groups in total. The zero-order valence-corrected chi connectivity index (χ0v) is 16.6. The molecule has 172 valence electrons. The van der Waals surface area contributed by atoms with Crippen LogP contribution in [0.25, 0.3) is 0 Å². The third-order valence-corrected chi connectivity index (χ3v) is 5.06. The molecular formula is C21H18F6N2O3. The van der Waals surface area contributed by atoms with Crippen molar-refractivity contribution in [2.24, 2.45) is 0 Å². The second kappa shape index (κ2) is 8.25. The SMILES string of the molecule is O=C(c1cnc(OCC(F)(F)F)c(C2CC2)c1)c1cnc(OCC(F)(F)F)c(C2CC2)c1. The van der Waals surface area contributed by atoms with Crippen molar-refractivity contribution in [1.82, 2.24) is 9.97 Å². The lowest BCUT2D eigenvalue weighted by molar-refractivity contribution is -0.154. The number of rotatable bonds is 8. The first-order chi connectivity index (χ1) is 15.0. The number of alkyl halides is 6. The molecule has 0 radical (unpaired) electrons. The third kappa shape index (κ3) is 5.68. The van der Waals surface area contributed by atoms with Crippen molar-refractivity contribution in [3.8, 4) is 11.8 Å². The van der Waals surface area contributed by atoms with E-state index in [0.717, 1.165) is 38.1 Å². The van der Waals surface area contributed by atoms with Gasteiger partial charge in [-0.25, -0.2) is 9.97 Å². The Morgan fingerprint density at radius 3 is 1.47 bits per heavy atom. The molecule has 2 aromatic rings. The van der Waals surface area contributed by atoms with Gasteiger partial charge in [0.1, 0.15) is 0 Å².